The fraction of sp³-hybridized carbons (Fsp3) is 0. The van der Waals surface area contributed by atoms with E-state index in [2.05, 4.69) is 0 Å². The van der Waals surface area contributed by atoms with E-state index in [4.69, 9.17) is 18.6 Å². The molecule has 0 aromatic heterocycles. The van der Waals surface area contributed by atoms with E-state index >= 15 is 0 Å². The molecule has 0 aromatic rings. The SMILES string of the molecule is [Ho+3].[O-][Cl+3]([O-])([O-])[O-]. The minimum Gasteiger partial charge on any atom is -0.222 e. The maximum absolute atomic E-state index is 8.49. The summed E-state index contributed by atoms with van der Waals surface area (Å²) >= 11 is 0. The van der Waals surface area contributed by atoms with Gasteiger partial charge in [0.1, 0.15) is 0 Å². The number of halogens is 1. The van der Waals surface area contributed by atoms with Crippen molar-refractivity contribution in [1.29, 1.82) is 0 Å². The maximum atomic E-state index is 8.49. The molecule has 0 aliphatic heterocycles. The third kappa shape index (κ3) is 53.8. The van der Waals surface area contributed by atoms with Crippen molar-refractivity contribution in [1.82, 2.24) is 0 Å². The second-order valence-corrected chi connectivity index (χ2v) is 1.13. The summed E-state index contributed by atoms with van der Waals surface area (Å²) in [6, 6.07) is 0. The van der Waals surface area contributed by atoms with Crippen LogP contribution in [0.2, 0.25) is 0 Å². The van der Waals surface area contributed by atoms with Gasteiger partial charge in [0.05, 0.1) is 0 Å². The fourth-order valence-electron chi connectivity index (χ4n) is 0. The van der Waals surface area contributed by atoms with E-state index in [1.54, 1.807) is 0 Å². The largest absolute Gasteiger partial charge is 3.00 e. The van der Waals surface area contributed by atoms with Crippen LogP contribution in [-0.4, -0.2) is 0 Å². The topological polar surface area (TPSA) is 92.2 Å². The Morgan fingerprint density at radius 3 is 0.833 bits per heavy atom. The van der Waals surface area contributed by atoms with Crippen molar-refractivity contribution >= 4 is 0 Å². The van der Waals surface area contributed by atoms with Crippen LogP contribution in [0.25, 0.3) is 0 Å². The molecule has 0 rings (SSSR count). The van der Waals surface area contributed by atoms with Crippen molar-refractivity contribution in [3.8, 4) is 0 Å². The fourth-order valence-corrected chi connectivity index (χ4v) is 0. The van der Waals surface area contributed by atoms with Crippen LogP contribution < -0.4 is 18.6 Å². The molecule has 0 aliphatic carbocycles. The summed E-state index contributed by atoms with van der Waals surface area (Å²) in [7, 11) is -4.94. The molecule has 40 valence electrons. The third-order valence-corrected chi connectivity index (χ3v) is 0. The standard InChI is InChI=1S/ClHO4.Ho/c2-1(3,4)5;/h(H,2,3,4,5);/q;+3/p-1. The molecule has 0 radical (unpaired) electrons. The van der Waals surface area contributed by atoms with Crippen molar-refractivity contribution in [2.24, 2.45) is 0 Å². The first-order valence-electron chi connectivity index (χ1n) is 0.617. The molecule has 0 N–H and O–H groups in total. The molecule has 0 fully saturated rings. The molecule has 0 aliphatic rings. The molecule has 0 heterocycles. The average molecular weight is 264 g/mol. The van der Waals surface area contributed by atoms with Gasteiger partial charge in [-0.05, 0) is 0 Å². The molecule has 6 heteroatoms. The quantitative estimate of drug-likeness (QED) is 0.411. The van der Waals surface area contributed by atoms with E-state index < -0.39 is 10.2 Å². The Morgan fingerprint density at radius 1 is 0.833 bits per heavy atom. The van der Waals surface area contributed by atoms with Gasteiger partial charge in [-0.1, -0.05) is 0 Å². The van der Waals surface area contributed by atoms with Gasteiger partial charge in [0, 0.05) is 0 Å². The molecule has 0 amide bonds. The number of rotatable bonds is 0. The minimum absolute atomic E-state index is 0. The summed E-state index contributed by atoms with van der Waals surface area (Å²) in [6.07, 6.45) is 0. The Labute approximate surface area is 66.1 Å². The maximum Gasteiger partial charge on any atom is 3.00 e. The van der Waals surface area contributed by atoms with Crippen LogP contribution in [0.15, 0.2) is 0 Å². The van der Waals surface area contributed by atoms with Gasteiger partial charge in [-0.25, -0.2) is 18.6 Å². The van der Waals surface area contributed by atoms with Gasteiger partial charge >= 0.3 is 37.7 Å². The summed E-state index contributed by atoms with van der Waals surface area (Å²) in [5, 5.41) is 0. The van der Waals surface area contributed by atoms with Gasteiger partial charge in [0.25, 0.3) is 0 Å². The van der Waals surface area contributed by atoms with Crippen LogP contribution in [0.4, 0.5) is 0 Å². The summed E-state index contributed by atoms with van der Waals surface area (Å²) in [4.78, 5) is 0. The first-order valence-corrected chi connectivity index (χ1v) is 1.85. The smallest absolute Gasteiger partial charge is 0.222 e. The van der Waals surface area contributed by atoms with Crippen molar-refractivity contribution in [3.63, 3.8) is 0 Å². The zero-order chi connectivity index (χ0) is 4.50. The molecule has 0 saturated carbocycles. The first kappa shape index (κ1) is 10.4. The van der Waals surface area contributed by atoms with Gasteiger partial charge in [0.2, 0.25) is 0 Å². The van der Waals surface area contributed by atoms with E-state index in [1.165, 1.54) is 0 Å². The molecule has 0 saturated heterocycles. The van der Waals surface area contributed by atoms with Gasteiger partial charge in [-0.2, -0.15) is 0 Å². The van der Waals surface area contributed by atoms with Crippen LogP contribution in [0, 0.1) is 48.0 Å². The monoisotopic (exact) mass is 264 g/mol. The van der Waals surface area contributed by atoms with Crippen LogP contribution in [-0.2, 0) is 0 Å². The van der Waals surface area contributed by atoms with E-state index in [1.807, 2.05) is 0 Å². The van der Waals surface area contributed by atoms with Gasteiger partial charge < -0.3 is 0 Å². The molecular formula is ClHoO4+2. The summed E-state index contributed by atoms with van der Waals surface area (Å²) < 4.78 is 34.0. The van der Waals surface area contributed by atoms with Crippen LogP contribution in [0.3, 0.4) is 0 Å². The van der Waals surface area contributed by atoms with Gasteiger partial charge in [-0.3, -0.25) is 0 Å². The van der Waals surface area contributed by atoms with Crippen LogP contribution >= 0.6 is 0 Å². The molecule has 0 bridgehead atoms. The van der Waals surface area contributed by atoms with Crippen LogP contribution in [0.1, 0.15) is 0 Å². The Kier molecular flexibility index (Phi) is 5.88. The molecular weight excluding hydrogens is 264 g/mol. The average Bonchev–Trinajstić information content (AvgIpc) is 0.722. The molecule has 6 heavy (non-hydrogen) atoms. The van der Waals surface area contributed by atoms with E-state index in [-0.39, 0.29) is 37.7 Å². The Hall–Kier alpha value is 1.39. The van der Waals surface area contributed by atoms with Crippen molar-refractivity contribution < 1.29 is 66.6 Å². The molecule has 4 nitrogen and oxygen atoms in total. The van der Waals surface area contributed by atoms with Gasteiger partial charge in [0.15, 0.2) is 0 Å². The Morgan fingerprint density at radius 2 is 0.833 bits per heavy atom. The summed E-state index contributed by atoms with van der Waals surface area (Å²) in [6.45, 7) is 0. The minimum atomic E-state index is -4.94. The molecule has 0 spiro atoms. The van der Waals surface area contributed by atoms with Gasteiger partial charge in [-0.15, -0.1) is 10.2 Å². The molecule has 0 atom stereocenters. The molecule has 0 aromatic carbocycles. The van der Waals surface area contributed by atoms with E-state index in [0.717, 1.165) is 0 Å². The van der Waals surface area contributed by atoms with Crippen molar-refractivity contribution in [2.75, 3.05) is 0 Å². The predicted octanol–water partition coefficient (Wildman–Crippen LogP) is -4.76. The van der Waals surface area contributed by atoms with Crippen molar-refractivity contribution in [2.45, 2.75) is 0 Å². The summed E-state index contributed by atoms with van der Waals surface area (Å²) in [5.41, 5.74) is 0. The second kappa shape index (κ2) is 3.40. The number of hydrogen-bond acceptors (Lipinski definition) is 4. The predicted molar refractivity (Wildman–Crippen MR) is 0 cm³/mol. The Balaban J connectivity index is 0. The number of hydrogen-bond donors (Lipinski definition) is 0. The van der Waals surface area contributed by atoms with Crippen LogP contribution in [0.5, 0.6) is 0 Å². The normalized spacial score (nSPS) is 10.0. The first-order chi connectivity index (χ1) is 2.00. The van der Waals surface area contributed by atoms with E-state index in [9.17, 15) is 0 Å². The Bertz CT molecular complexity index is 23.0. The summed E-state index contributed by atoms with van der Waals surface area (Å²) in [5.74, 6) is 0. The second-order valence-electron chi connectivity index (χ2n) is 0.378. The zero-order valence-corrected chi connectivity index (χ0v) is 5.00. The third-order valence-electron chi connectivity index (χ3n) is 0. The molecule has 0 unspecified atom stereocenters. The van der Waals surface area contributed by atoms with E-state index in [0.29, 0.717) is 0 Å². The van der Waals surface area contributed by atoms with Crippen molar-refractivity contribution in [3.05, 3.63) is 0 Å². The zero-order valence-electron chi connectivity index (χ0n) is 2.31.